The second kappa shape index (κ2) is 5.95. The van der Waals surface area contributed by atoms with Gasteiger partial charge in [-0.25, -0.2) is 18.2 Å². The molecule has 2 atom stereocenters. The molecule has 8 heteroatoms. The maximum atomic E-state index is 12.6. The van der Waals surface area contributed by atoms with Crippen molar-refractivity contribution in [2.75, 3.05) is 6.54 Å². The summed E-state index contributed by atoms with van der Waals surface area (Å²) >= 11 is 7.03. The van der Waals surface area contributed by atoms with Crippen LogP contribution in [0.2, 0.25) is 4.34 Å². The molecule has 1 aliphatic rings. The van der Waals surface area contributed by atoms with Gasteiger partial charge < -0.3 is 0 Å². The van der Waals surface area contributed by atoms with Crippen LogP contribution in [0.25, 0.3) is 0 Å². The highest BCUT2D eigenvalue weighted by Crippen LogP contribution is 2.34. The summed E-state index contributed by atoms with van der Waals surface area (Å²) in [5, 5.41) is 0. The lowest BCUT2D eigenvalue weighted by Gasteiger charge is -2.34. The molecule has 5 nitrogen and oxygen atoms in total. The zero-order chi connectivity index (χ0) is 14.9. The number of carbonyl (C=O) groups excluding carboxylic acids is 1. The lowest BCUT2D eigenvalue weighted by atomic mass is 10.0. The van der Waals surface area contributed by atoms with E-state index in [0.29, 0.717) is 23.7 Å². The predicted molar refractivity (Wildman–Crippen MR) is 78.6 cm³/mol. The summed E-state index contributed by atoms with van der Waals surface area (Å²) in [4.78, 5) is 14.0. The standard InChI is InChI=1S/C12H15ClN2O3S2/c1-8-5-11(19-12(8)13)20(17,18)15-4-3-10(14-7-16)6-9(15)2/h5,9-10H,3-4,6H2,1-2H3. The van der Waals surface area contributed by atoms with E-state index in [1.165, 1.54) is 4.31 Å². The summed E-state index contributed by atoms with van der Waals surface area (Å²) < 4.78 is 27.4. The van der Waals surface area contributed by atoms with Gasteiger partial charge in [-0.15, -0.1) is 11.3 Å². The Kier molecular flexibility index (Phi) is 4.66. The maximum Gasteiger partial charge on any atom is 0.252 e. The van der Waals surface area contributed by atoms with Crippen molar-refractivity contribution in [1.29, 1.82) is 0 Å². The molecule has 0 radical (unpaired) electrons. The molecule has 1 saturated heterocycles. The Morgan fingerprint density at radius 3 is 2.75 bits per heavy atom. The quantitative estimate of drug-likeness (QED) is 0.630. The lowest BCUT2D eigenvalue weighted by molar-refractivity contribution is 0.248. The van der Waals surface area contributed by atoms with Gasteiger partial charge in [-0.3, -0.25) is 0 Å². The van der Waals surface area contributed by atoms with Crippen molar-refractivity contribution in [1.82, 2.24) is 4.31 Å². The molecule has 2 unspecified atom stereocenters. The molecule has 0 spiro atoms. The Bertz CT molecular complexity index is 630. The van der Waals surface area contributed by atoms with E-state index < -0.39 is 10.0 Å². The van der Waals surface area contributed by atoms with E-state index in [0.717, 1.165) is 16.9 Å². The first-order valence-electron chi connectivity index (χ1n) is 6.21. The van der Waals surface area contributed by atoms with Gasteiger partial charge >= 0.3 is 0 Å². The van der Waals surface area contributed by atoms with Crippen LogP contribution in [0, 0.1) is 6.92 Å². The molecule has 0 amide bonds. The number of aliphatic imine (C=N–C) groups is 1. The molecular formula is C12H15ClN2O3S2. The second-order valence-corrected chi connectivity index (χ2v) is 8.66. The van der Waals surface area contributed by atoms with Crippen LogP contribution in [0.3, 0.4) is 0 Å². The summed E-state index contributed by atoms with van der Waals surface area (Å²) in [6.07, 6.45) is 2.62. The highest BCUT2D eigenvalue weighted by Gasteiger charge is 2.35. The molecule has 1 aromatic heterocycles. The number of sulfonamides is 1. The Balaban J connectivity index is 2.25. The van der Waals surface area contributed by atoms with Crippen molar-refractivity contribution >= 4 is 39.0 Å². The minimum Gasteiger partial charge on any atom is -0.211 e. The van der Waals surface area contributed by atoms with Gasteiger partial charge in [-0.1, -0.05) is 11.6 Å². The summed E-state index contributed by atoms with van der Waals surface area (Å²) in [7, 11) is -3.52. The van der Waals surface area contributed by atoms with Crippen LogP contribution in [-0.2, 0) is 14.8 Å². The largest absolute Gasteiger partial charge is 0.252 e. The van der Waals surface area contributed by atoms with Crippen molar-refractivity contribution in [2.24, 2.45) is 4.99 Å². The molecule has 0 aliphatic carbocycles. The number of hydrogen-bond acceptors (Lipinski definition) is 5. The second-order valence-electron chi connectivity index (χ2n) is 4.89. The molecule has 1 aromatic rings. The monoisotopic (exact) mass is 334 g/mol. The van der Waals surface area contributed by atoms with Crippen LogP contribution in [-0.4, -0.2) is 37.4 Å². The van der Waals surface area contributed by atoms with Gasteiger partial charge in [0.1, 0.15) is 4.21 Å². The molecule has 1 fully saturated rings. The van der Waals surface area contributed by atoms with Crippen molar-refractivity contribution in [3.05, 3.63) is 16.0 Å². The molecule has 1 aliphatic heterocycles. The van der Waals surface area contributed by atoms with Crippen LogP contribution >= 0.6 is 22.9 Å². The third kappa shape index (κ3) is 2.97. The van der Waals surface area contributed by atoms with Crippen LogP contribution in [0.4, 0.5) is 0 Å². The molecule has 0 saturated carbocycles. The van der Waals surface area contributed by atoms with Gasteiger partial charge in [0.25, 0.3) is 10.0 Å². The minimum absolute atomic E-state index is 0.136. The Labute approximate surface area is 127 Å². The van der Waals surface area contributed by atoms with E-state index in [4.69, 9.17) is 11.6 Å². The van der Waals surface area contributed by atoms with E-state index in [1.54, 1.807) is 19.1 Å². The Hall–Kier alpha value is -0.720. The number of thiophene rings is 1. The van der Waals surface area contributed by atoms with E-state index in [9.17, 15) is 13.2 Å². The zero-order valence-electron chi connectivity index (χ0n) is 11.2. The Morgan fingerprint density at radius 1 is 1.55 bits per heavy atom. The van der Waals surface area contributed by atoms with Crippen molar-refractivity contribution in [2.45, 2.75) is 43.0 Å². The molecule has 20 heavy (non-hydrogen) atoms. The molecule has 2 rings (SSSR count). The van der Waals surface area contributed by atoms with E-state index in [1.807, 2.05) is 6.92 Å². The highest BCUT2D eigenvalue weighted by atomic mass is 35.5. The van der Waals surface area contributed by atoms with E-state index >= 15 is 0 Å². The number of isocyanates is 1. The summed E-state index contributed by atoms with van der Waals surface area (Å²) in [5.41, 5.74) is 0.767. The highest BCUT2D eigenvalue weighted by molar-refractivity contribution is 7.91. The first kappa shape index (κ1) is 15.7. The number of rotatable bonds is 3. The normalized spacial score (nSPS) is 24.4. The SMILES string of the molecule is Cc1cc(S(=O)(=O)N2CCC(N=C=O)CC2C)sc1Cl. The third-order valence-electron chi connectivity index (χ3n) is 3.42. The fourth-order valence-corrected chi connectivity index (χ4v) is 5.84. The zero-order valence-corrected chi connectivity index (χ0v) is 13.6. The van der Waals surface area contributed by atoms with Crippen LogP contribution < -0.4 is 0 Å². The molecular weight excluding hydrogens is 320 g/mol. The van der Waals surface area contributed by atoms with Crippen molar-refractivity contribution in [3.63, 3.8) is 0 Å². The molecule has 0 bridgehead atoms. The van der Waals surface area contributed by atoms with Gasteiger partial charge in [0.05, 0.1) is 10.4 Å². The van der Waals surface area contributed by atoms with Gasteiger partial charge in [-0.05, 0) is 38.3 Å². The molecule has 0 aromatic carbocycles. The number of aryl methyl sites for hydroxylation is 1. The number of halogens is 1. The number of nitrogens with zero attached hydrogens (tertiary/aromatic N) is 2. The number of piperidine rings is 1. The first-order chi connectivity index (χ1) is 9.36. The lowest BCUT2D eigenvalue weighted by Crippen LogP contribution is -2.45. The van der Waals surface area contributed by atoms with Gasteiger partial charge in [0.2, 0.25) is 6.08 Å². The third-order valence-corrected chi connectivity index (χ3v) is 7.44. The van der Waals surface area contributed by atoms with Crippen LogP contribution in [0.1, 0.15) is 25.3 Å². The molecule has 110 valence electrons. The summed E-state index contributed by atoms with van der Waals surface area (Å²) in [6, 6.07) is 1.27. The first-order valence-corrected chi connectivity index (χ1v) is 8.84. The smallest absolute Gasteiger partial charge is 0.211 e. The summed E-state index contributed by atoms with van der Waals surface area (Å²) in [5.74, 6) is 0. The van der Waals surface area contributed by atoms with E-state index in [2.05, 4.69) is 4.99 Å². The fraction of sp³-hybridized carbons (Fsp3) is 0.583. The van der Waals surface area contributed by atoms with Gasteiger partial charge in [0.15, 0.2) is 0 Å². The minimum atomic E-state index is -3.52. The number of hydrogen-bond donors (Lipinski definition) is 0. The average Bonchev–Trinajstić information content (AvgIpc) is 2.70. The van der Waals surface area contributed by atoms with Crippen LogP contribution in [0.15, 0.2) is 15.3 Å². The molecule has 2 heterocycles. The maximum absolute atomic E-state index is 12.6. The topological polar surface area (TPSA) is 66.8 Å². The predicted octanol–water partition coefficient (Wildman–Crippen LogP) is 2.59. The van der Waals surface area contributed by atoms with Crippen LogP contribution in [0.5, 0.6) is 0 Å². The molecule has 0 N–H and O–H groups in total. The summed E-state index contributed by atoms with van der Waals surface area (Å²) in [6.45, 7) is 3.96. The van der Waals surface area contributed by atoms with Gasteiger partial charge in [-0.2, -0.15) is 4.31 Å². The fourth-order valence-electron chi connectivity index (χ4n) is 2.35. The van der Waals surface area contributed by atoms with Crippen molar-refractivity contribution < 1.29 is 13.2 Å². The Morgan fingerprint density at radius 2 is 2.25 bits per heavy atom. The van der Waals surface area contributed by atoms with E-state index in [-0.39, 0.29) is 16.3 Å². The van der Waals surface area contributed by atoms with Crippen molar-refractivity contribution in [3.8, 4) is 0 Å². The average molecular weight is 335 g/mol. The van der Waals surface area contributed by atoms with Gasteiger partial charge in [0, 0.05) is 12.6 Å².